The monoisotopic (exact) mass is 317 g/mol. The van der Waals surface area contributed by atoms with Gasteiger partial charge < -0.3 is 4.74 Å². The average Bonchev–Trinajstić information content (AvgIpc) is 2.63. The van der Waals surface area contributed by atoms with Crippen molar-refractivity contribution in [2.24, 2.45) is 0 Å². The highest BCUT2D eigenvalue weighted by Gasteiger charge is 2.26. The van der Waals surface area contributed by atoms with E-state index >= 15 is 0 Å². The Balaban J connectivity index is 2.08. The Labute approximate surface area is 140 Å². The van der Waals surface area contributed by atoms with Gasteiger partial charge in [-0.3, -0.25) is 0 Å². The number of para-hydroxylation sites is 1. The lowest BCUT2D eigenvalue weighted by Crippen LogP contribution is -2.46. The van der Waals surface area contributed by atoms with Gasteiger partial charge in [0.05, 0.1) is 7.11 Å². The molecule has 0 aromatic heterocycles. The number of methoxy groups -OCH3 is 1. The van der Waals surface area contributed by atoms with Crippen molar-refractivity contribution in [1.82, 2.24) is 0 Å². The minimum Gasteiger partial charge on any atom is -0.496 e. The maximum absolute atomic E-state index is 5.60. The van der Waals surface area contributed by atoms with Gasteiger partial charge in [-0.25, -0.2) is 0 Å². The molecule has 0 amide bonds. The maximum Gasteiger partial charge on any atom is 0.128 e. The molecule has 1 nitrogen and oxygen atoms in total. The lowest BCUT2D eigenvalue weighted by atomic mass is 10.1. The van der Waals surface area contributed by atoms with E-state index in [2.05, 4.69) is 85.8 Å². The molecule has 3 rings (SSSR count). The third-order valence-electron chi connectivity index (χ3n) is 4.21. The standard InChI is InChI=1S/C21H21OSi/c1-17(20-15-9-10-16-21(20)22-2)23(18-11-5-3-6-12-18)19-13-7-4-8-14-19/h3-17H,1-2H3. The molecule has 0 aliphatic heterocycles. The predicted octanol–water partition coefficient (Wildman–Crippen LogP) is 3.65. The number of benzene rings is 3. The molecule has 0 saturated carbocycles. The lowest BCUT2D eigenvalue weighted by Gasteiger charge is -2.25. The van der Waals surface area contributed by atoms with Crippen LogP contribution in [0.25, 0.3) is 0 Å². The Kier molecular flexibility index (Phi) is 4.94. The normalized spacial score (nSPS) is 12.1. The van der Waals surface area contributed by atoms with Crippen LogP contribution in [0.5, 0.6) is 5.75 Å². The molecule has 0 heterocycles. The first kappa shape index (κ1) is 15.6. The minimum atomic E-state index is -0.942. The Hall–Kier alpha value is -2.32. The van der Waals surface area contributed by atoms with E-state index in [1.807, 2.05) is 6.07 Å². The van der Waals surface area contributed by atoms with Crippen LogP contribution in [0, 0.1) is 0 Å². The van der Waals surface area contributed by atoms with Crippen LogP contribution in [0.3, 0.4) is 0 Å². The molecule has 0 spiro atoms. The second kappa shape index (κ2) is 7.29. The summed E-state index contributed by atoms with van der Waals surface area (Å²) in [4.78, 5) is 0. The van der Waals surface area contributed by atoms with Crippen molar-refractivity contribution in [3.63, 3.8) is 0 Å². The number of rotatable bonds is 5. The zero-order valence-electron chi connectivity index (χ0n) is 13.6. The topological polar surface area (TPSA) is 9.23 Å². The van der Waals surface area contributed by atoms with E-state index in [0.717, 1.165) is 5.75 Å². The zero-order chi connectivity index (χ0) is 16.1. The quantitative estimate of drug-likeness (QED) is 0.653. The molecule has 0 fully saturated rings. The third kappa shape index (κ3) is 3.38. The minimum absolute atomic E-state index is 0.418. The molecule has 0 N–H and O–H groups in total. The van der Waals surface area contributed by atoms with Crippen LogP contribution in [-0.2, 0) is 0 Å². The molecular formula is C21H21OSi. The second-order valence-corrected chi connectivity index (χ2v) is 8.46. The van der Waals surface area contributed by atoms with Crippen LogP contribution in [0.2, 0.25) is 0 Å². The fourth-order valence-electron chi connectivity index (χ4n) is 3.08. The van der Waals surface area contributed by atoms with Gasteiger partial charge in [0.25, 0.3) is 0 Å². The molecule has 0 aliphatic rings. The number of ether oxygens (including phenoxy) is 1. The summed E-state index contributed by atoms with van der Waals surface area (Å²) in [5, 5.41) is 2.87. The fourth-order valence-corrected chi connectivity index (χ4v) is 6.07. The van der Waals surface area contributed by atoms with Crippen LogP contribution >= 0.6 is 0 Å². The van der Waals surface area contributed by atoms with Gasteiger partial charge in [-0.05, 0) is 17.2 Å². The zero-order valence-corrected chi connectivity index (χ0v) is 14.6. The van der Waals surface area contributed by atoms with Crippen molar-refractivity contribution in [3.8, 4) is 5.75 Å². The summed E-state index contributed by atoms with van der Waals surface area (Å²) in [6, 6.07) is 30.1. The van der Waals surface area contributed by atoms with Gasteiger partial charge in [0.2, 0.25) is 0 Å². The van der Waals surface area contributed by atoms with Crippen molar-refractivity contribution in [2.45, 2.75) is 12.5 Å². The summed E-state index contributed by atoms with van der Waals surface area (Å²) in [7, 11) is 0.811. The van der Waals surface area contributed by atoms with E-state index in [4.69, 9.17) is 4.74 Å². The first-order valence-electron chi connectivity index (χ1n) is 7.92. The molecule has 3 aromatic rings. The van der Waals surface area contributed by atoms with Crippen molar-refractivity contribution >= 4 is 19.2 Å². The van der Waals surface area contributed by atoms with Crippen LogP contribution in [0.1, 0.15) is 18.0 Å². The van der Waals surface area contributed by atoms with E-state index < -0.39 is 8.80 Å². The molecule has 1 atom stereocenters. The van der Waals surface area contributed by atoms with Crippen molar-refractivity contribution in [2.75, 3.05) is 7.11 Å². The summed E-state index contributed by atoms with van der Waals surface area (Å²) in [5.41, 5.74) is 1.71. The van der Waals surface area contributed by atoms with E-state index in [-0.39, 0.29) is 0 Å². The molecule has 23 heavy (non-hydrogen) atoms. The molecule has 1 unspecified atom stereocenters. The Morgan fingerprint density at radius 1 is 0.696 bits per heavy atom. The van der Waals surface area contributed by atoms with Crippen LogP contribution in [-0.4, -0.2) is 15.9 Å². The van der Waals surface area contributed by atoms with Gasteiger partial charge in [-0.15, -0.1) is 0 Å². The van der Waals surface area contributed by atoms with Crippen molar-refractivity contribution in [3.05, 3.63) is 90.5 Å². The van der Waals surface area contributed by atoms with E-state index in [0.29, 0.717) is 5.54 Å². The van der Waals surface area contributed by atoms with Crippen LogP contribution in [0.15, 0.2) is 84.9 Å². The highest BCUT2D eigenvalue weighted by atomic mass is 28.3. The summed E-state index contributed by atoms with van der Waals surface area (Å²) < 4.78 is 5.60. The Morgan fingerprint density at radius 2 is 1.17 bits per heavy atom. The molecule has 0 aliphatic carbocycles. The van der Waals surface area contributed by atoms with Gasteiger partial charge >= 0.3 is 0 Å². The summed E-state index contributed by atoms with van der Waals surface area (Å²) in [6.45, 7) is 2.33. The first-order valence-corrected chi connectivity index (χ1v) is 9.49. The van der Waals surface area contributed by atoms with E-state index in [9.17, 15) is 0 Å². The first-order chi connectivity index (χ1) is 11.3. The van der Waals surface area contributed by atoms with Gasteiger partial charge in [0.1, 0.15) is 14.5 Å². The van der Waals surface area contributed by atoms with Crippen molar-refractivity contribution < 1.29 is 4.74 Å². The molecule has 2 heteroatoms. The second-order valence-electron chi connectivity index (χ2n) is 5.61. The molecule has 115 valence electrons. The number of hydrogen-bond acceptors (Lipinski definition) is 1. The molecule has 1 radical (unpaired) electrons. The molecule has 0 bridgehead atoms. The van der Waals surface area contributed by atoms with E-state index in [1.165, 1.54) is 15.9 Å². The summed E-state index contributed by atoms with van der Waals surface area (Å²) >= 11 is 0. The van der Waals surface area contributed by atoms with Crippen LogP contribution in [0.4, 0.5) is 0 Å². The Bertz CT molecular complexity index is 701. The highest BCUT2D eigenvalue weighted by molar-refractivity contribution is 6.86. The smallest absolute Gasteiger partial charge is 0.128 e. The molecule has 3 aromatic carbocycles. The lowest BCUT2D eigenvalue weighted by molar-refractivity contribution is 0.409. The largest absolute Gasteiger partial charge is 0.496 e. The summed E-state index contributed by atoms with van der Waals surface area (Å²) in [6.07, 6.45) is 0. The SMILES string of the molecule is COc1ccccc1C(C)[Si](c1ccccc1)c1ccccc1. The third-order valence-corrected chi connectivity index (χ3v) is 7.30. The molecular weight excluding hydrogens is 296 g/mol. The fraction of sp³-hybridized carbons (Fsp3) is 0.143. The van der Waals surface area contributed by atoms with Gasteiger partial charge in [-0.1, -0.05) is 96.2 Å². The Morgan fingerprint density at radius 3 is 1.70 bits per heavy atom. The summed E-state index contributed by atoms with van der Waals surface area (Å²) in [5.74, 6) is 0.981. The molecule has 0 saturated heterocycles. The average molecular weight is 317 g/mol. The van der Waals surface area contributed by atoms with E-state index in [1.54, 1.807) is 7.11 Å². The van der Waals surface area contributed by atoms with Gasteiger partial charge in [0, 0.05) is 0 Å². The highest BCUT2D eigenvalue weighted by Crippen LogP contribution is 2.27. The maximum atomic E-state index is 5.60. The van der Waals surface area contributed by atoms with Gasteiger partial charge in [0.15, 0.2) is 0 Å². The van der Waals surface area contributed by atoms with Crippen LogP contribution < -0.4 is 15.1 Å². The van der Waals surface area contributed by atoms with Crippen molar-refractivity contribution in [1.29, 1.82) is 0 Å². The number of hydrogen-bond donors (Lipinski definition) is 0. The van der Waals surface area contributed by atoms with Gasteiger partial charge in [-0.2, -0.15) is 0 Å². The predicted molar refractivity (Wildman–Crippen MR) is 99.3 cm³/mol.